The maximum absolute atomic E-state index is 12.1. The molecule has 2 amide bonds. The van der Waals surface area contributed by atoms with Crippen molar-refractivity contribution in [2.75, 3.05) is 11.9 Å². The molecule has 0 aliphatic carbocycles. The molecule has 0 unspecified atom stereocenters. The Hall–Kier alpha value is -2.37. The average molecular weight is 334 g/mol. The van der Waals surface area contributed by atoms with E-state index in [4.69, 9.17) is 4.74 Å². The number of ether oxygens (including phenoxy) is 1. The molecule has 132 valence electrons. The third kappa shape index (κ3) is 6.81. The summed E-state index contributed by atoms with van der Waals surface area (Å²) in [6.45, 7) is 9.18. The average Bonchev–Trinajstić information content (AvgIpc) is 2.45. The first-order valence-corrected chi connectivity index (χ1v) is 7.99. The van der Waals surface area contributed by atoms with Gasteiger partial charge < -0.3 is 15.4 Å². The van der Waals surface area contributed by atoms with Gasteiger partial charge in [0.2, 0.25) is 5.91 Å². The molecule has 1 rings (SSSR count). The van der Waals surface area contributed by atoms with Gasteiger partial charge in [0.25, 0.3) is 5.91 Å². The zero-order valence-electron chi connectivity index (χ0n) is 14.9. The van der Waals surface area contributed by atoms with Crippen LogP contribution in [0.2, 0.25) is 0 Å². The highest BCUT2D eigenvalue weighted by molar-refractivity contribution is 5.98. The molecule has 1 aromatic carbocycles. The molecule has 0 radical (unpaired) electrons. The first kappa shape index (κ1) is 19.7. The van der Waals surface area contributed by atoms with Crippen LogP contribution in [0.1, 0.15) is 51.4 Å². The number of carbonyl (C=O) groups is 3. The summed E-state index contributed by atoms with van der Waals surface area (Å²) in [5.41, 5.74) is 0.454. The Balaban J connectivity index is 2.58. The minimum atomic E-state index is -0.519. The van der Waals surface area contributed by atoms with E-state index in [9.17, 15) is 14.4 Å². The molecule has 0 saturated heterocycles. The molecule has 0 aliphatic heterocycles. The van der Waals surface area contributed by atoms with Gasteiger partial charge in [-0.1, -0.05) is 26.8 Å². The van der Waals surface area contributed by atoms with Crippen LogP contribution < -0.4 is 10.6 Å². The van der Waals surface area contributed by atoms with E-state index in [1.54, 1.807) is 38.1 Å². The molecule has 6 nitrogen and oxygen atoms in total. The van der Waals surface area contributed by atoms with Gasteiger partial charge in [-0.3, -0.25) is 14.4 Å². The van der Waals surface area contributed by atoms with Crippen LogP contribution in [0.15, 0.2) is 24.3 Å². The van der Waals surface area contributed by atoms with E-state index in [0.717, 1.165) is 0 Å². The van der Waals surface area contributed by atoms with Gasteiger partial charge in [0.05, 0.1) is 12.5 Å². The number of esters is 1. The van der Waals surface area contributed by atoms with Crippen molar-refractivity contribution in [3.8, 4) is 0 Å². The maximum Gasteiger partial charge on any atom is 0.307 e. The van der Waals surface area contributed by atoms with Crippen LogP contribution in [0.4, 0.5) is 5.69 Å². The molecule has 0 atom stereocenters. The standard InChI is InChI=1S/C18H26N2O4/c1-12(2)24-15(21)9-10-19-16(22)13-7-6-8-14(11-13)20-17(23)18(3,4)5/h6-8,11-12H,9-10H2,1-5H3,(H,19,22)(H,20,23). The Morgan fingerprint density at radius 3 is 2.42 bits per heavy atom. The van der Waals surface area contributed by atoms with E-state index in [1.165, 1.54) is 0 Å². The predicted molar refractivity (Wildman–Crippen MR) is 92.7 cm³/mol. The van der Waals surface area contributed by atoms with E-state index >= 15 is 0 Å². The lowest BCUT2D eigenvalue weighted by Gasteiger charge is -2.18. The molecule has 24 heavy (non-hydrogen) atoms. The van der Waals surface area contributed by atoms with Gasteiger partial charge in [-0.15, -0.1) is 0 Å². The summed E-state index contributed by atoms with van der Waals surface area (Å²) >= 11 is 0. The number of carbonyl (C=O) groups excluding carboxylic acids is 3. The van der Waals surface area contributed by atoms with Gasteiger partial charge in [0.1, 0.15) is 0 Å². The van der Waals surface area contributed by atoms with Gasteiger partial charge in [0, 0.05) is 23.2 Å². The quantitative estimate of drug-likeness (QED) is 0.784. The smallest absolute Gasteiger partial charge is 0.307 e. The fourth-order valence-electron chi connectivity index (χ4n) is 1.76. The SMILES string of the molecule is CC(C)OC(=O)CCNC(=O)c1cccc(NC(=O)C(C)(C)C)c1. The van der Waals surface area contributed by atoms with Crippen molar-refractivity contribution in [1.82, 2.24) is 5.32 Å². The molecule has 0 aromatic heterocycles. The second kappa shape index (κ2) is 8.47. The van der Waals surface area contributed by atoms with Crippen LogP contribution in [0.5, 0.6) is 0 Å². The number of amides is 2. The lowest BCUT2D eigenvalue weighted by molar-refractivity contribution is -0.147. The predicted octanol–water partition coefficient (Wildman–Crippen LogP) is 2.74. The minimum Gasteiger partial charge on any atom is -0.463 e. The van der Waals surface area contributed by atoms with Crippen molar-refractivity contribution >= 4 is 23.5 Å². The second-order valence-corrected chi connectivity index (χ2v) is 6.83. The highest BCUT2D eigenvalue weighted by atomic mass is 16.5. The van der Waals surface area contributed by atoms with Crippen molar-refractivity contribution in [3.05, 3.63) is 29.8 Å². The highest BCUT2D eigenvalue weighted by Gasteiger charge is 2.21. The zero-order valence-corrected chi connectivity index (χ0v) is 14.9. The molecule has 0 aliphatic rings. The summed E-state index contributed by atoms with van der Waals surface area (Å²) in [5, 5.41) is 5.44. The lowest BCUT2D eigenvalue weighted by Crippen LogP contribution is -2.28. The highest BCUT2D eigenvalue weighted by Crippen LogP contribution is 2.18. The molecule has 1 aromatic rings. The third-order valence-electron chi connectivity index (χ3n) is 3.05. The van der Waals surface area contributed by atoms with Gasteiger partial charge in [0.15, 0.2) is 0 Å². The Kier molecular flexibility index (Phi) is 6.95. The number of rotatable bonds is 6. The van der Waals surface area contributed by atoms with Gasteiger partial charge in [-0.05, 0) is 32.0 Å². The van der Waals surface area contributed by atoms with E-state index in [0.29, 0.717) is 11.3 Å². The molecule has 0 spiro atoms. The molecule has 6 heteroatoms. The molecule has 0 bridgehead atoms. The second-order valence-electron chi connectivity index (χ2n) is 6.83. The maximum atomic E-state index is 12.1. The van der Waals surface area contributed by atoms with Crippen molar-refractivity contribution in [3.63, 3.8) is 0 Å². The monoisotopic (exact) mass is 334 g/mol. The summed E-state index contributed by atoms with van der Waals surface area (Å²) in [5.74, 6) is -0.785. The van der Waals surface area contributed by atoms with Crippen LogP contribution in [0.3, 0.4) is 0 Å². The van der Waals surface area contributed by atoms with E-state index in [1.807, 2.05) is 20.8 Å². The Morgan fingerprint density at radius 1 is 1.17 bits per heavy atom. The summed E-state index contributed by atoms with van der Waals surface area (Å²) in [4.78, 5) is 35.5. The summed E-state index contributed by atoms with van der Waals surface area (Å²) < 4.78 is 4.99. The van der Waals surface area contributed by atoms with Crippen molar-refractivity contribution in [2.45, 2.75) is 47.1 Å². The Morgan fingerprint density at radius 2 is 1.83 bits per heavy atom. The number of nitrogens with one attached hydrogen (secondary N) is 2. The van der Waals surface area contributed by atoms with Crippen LogP contribution >= 0.6 is 0 Å². The Labute approximate surface area is 143 Å². The molecule has 2 N–H and O–H groups in total. The normalized spacial score (nSPS) is 11.1. The van der Waals surface area contributed by atoms with Crippen molar-refractivity contribution in [2.24, 2.45) is 5.41 Å². The van der Waals surface area contributed by atoms with E-state index in [2.05, 4.69) is 10.6 Å². The van der Waals surface area contributed by atoms with Crippen LogP contribution in [-0.4, -0.2) is 30.4 Å². The summed E-state index contributed by atoms with van der Waals surface area (Å²) in [7, 11) is 0. The van der Waals surface area contributed by atoms with Gasteiger partial charge in [-0.2, -0.15) is 0 Å². The van der Waals surface area contributed by atoms with Crippen molar-refractivity contribution < 1.29 is 19.1 Å². The molecular formula is C18H26N2O4. The topological polar surface area (TPSA) is 84.5 Å². The van der Waals surface area contributed by atoms with Crippen LogP contribution in [0.25, 0.3) is 0 Å². The molecule has 0 heterocycles. The minimum absolute atomic E-state index is 0.115. The first-order chi connectivity index (χ1) is 11.1. The largest absolute Gasteiger partial charge is 0.463 e. The van der Waals surface area contributed by atoms with E-state index < -0.39 is 5.41 Å². The molecule has 0 saturated carbocycles. The first-order valence-electron chi connectivity index (χ1n) is 7.99. The lowest BCUT2D eigenvalue weighted by atomic mass is 9.95. The van der Waals surface area contributed by atoms with Crippen molar-refractivity contribution in [1.29, 1.82) is 0 Å². The molecule has 0 fully saturated rings. The summed E-state index contributed by atoms with van der Waals surface area (Å²) in [6.07, 6.45) is -0.0546. The number of hydrogen-bond donors (Lipinski definition) is 2. The Bertz CT molecular complexity index is 603. The fraction of sp³-hybridized carbons (Fsp3) is 0.500. The van der Waals surface area contributed by atoms with Gasteiger partial charge >= 0.3 is 5.97 Å². The third-order valence-corrected chi connectivity index (χ3v) is 3.05. The fourth-order valence-corrected chi connectivity index (χ4v) is 1.76. The number of benzene rings is 1. The zero-order chi connectivity index (χ0) is 18.3. The number of anilines is 1. The van der Waals surface area contributed by atoms with Gasteiger partial charge in [-0.25, -0.2) is 0 Å². The van der Waals surface area contributed by atoms with E-state index in [-0.39, 0.29) is 36.9 Å². The van der Waals surface area contributed by atoms with Crippen LogP contribution in [-0.2, 0) is 14.3 Å². The number of hydrogen-bond acceptors (Lipinski definition) is 4. The molecular weight excluding hydrogens is 308 g/mol. The van der Waals surface area contributed by atoms with Crippen LogP contribution in [0, 0.1) is 5.41 Å². The summed E-state index contributed by atoms with van der Waals surface area (Å²) in [6, 6.07) is 6.67.